The summed E-state index contributed by atoms with van der Waals surface area (Å²) in [7, 11) is 1.22. The lowest BCUT2D eigenvalue weighted by atomic mass is 10.1. The Morgan fingerprint density at radius 3 is 1.90 bits per heavy atom. The molecule has 0 spiro atoms. The molecule has 1 aliphatic rings. The van der Waals surface area contributed by atoms with Gasteiger partial charge >= 0.3 is 18.3 Å². The maximum Gasteiger partial charge on any atom is 0.417 e. The number of ether oxygens (including phenoxy) is 2. The molecule has 0 aromatic heterocycles. The zero-order valence-corrected chi connectivity index (χ0v) is 22.0. The third-order valence-electron chi connectivity index (χ3n) is 5.75. The quantitative estimate of drug-likeness (QED) is 0.165. The van der Waals surface area contributed by atoms with Crippen molar-refractivity contribution in [2.75, 3.05) is 26.7 Å². The fourth-order valence-corrected chi connectivity index (χ4v) is 3.54. The largest absolute Gasteiger partial charge is 0.465 e. The second-order valence-corrected chi connectivity index (χ2v) is 8.69. The number of nitro benzene ring substituents is 2. The topological polar surface area (TPSA) is 236 Å². The molecule has 1 fully saturated rings. The van der Waals surface area contributed by atoms with Crippen molar-refractivity contribution in [1.82, 2.24) is 20.4 Å². The van der Waals surface area contributed by atoms with E-state index in [4.69, 9.17) is 14.6 Å². The molecule has 18 heteroatoms. The number of hydrogen-bond donors (Lipinski definition) is 3. The van der Waals surface area contributed by atoms with Crippen molar-refractivity contribution in [3.05, 3.63) is 79.9 Å². The van der Waals surface area contributed by atoms with E-state index >= 15 is 0 Å². The van der Waals surface area contributed by atoms with Gasteiger partial charge in [-0.25, -0.2) is 19.3 Å². The molecule has 0 radical (unpaired) electrons. The summed E-state index contributed by atoms with van der Waals surface area (Å²) in [6, 6.07) is 9.92. The number of benzene rings is 2. The number of nitrogens with zero attached hydrogens (tertiary/aromatic N) is 5. The molecule has 2 aromatic rings. The number of alkyl carbamates (subject to hydrolysis) is 1. The highest BCUT2D eigenvalue weighted by Gasteiger charge is 2.33. The minimum atomic E-state index is -1.14. The van der Waals surface area contributed by atoms with E-state index < -0.39 is 52.6 Å². The lowest BCUT2D eigenvalue weighted by Gasteiger charge is -2.37. The average molecular weight is 588 g/mol. The van der Waals surface area contributed by atoms with Gasteiger partial charge in [0, 0.05) is 44.4 Å². The maximum absolute atomic E-state index is 13.0. The molecule has 2 aromatic carbocycles. The van der Waals surface area contributed by atoms with E-state index in [1.54, 1.807) is 0 Å². The van der Waals surface area contributed by atoms with Crippen molar-refractivity contribution in [3.63, 3.8) is 0 Å². The zero-order chi connectivity index (χ0) is 30.8. The molecule has 42 heavy (non-hydrogen) atoms. The highest BCUT2D eigenvalue weighted by Crippen LogP contribution is 2.14. The van der Waals surface area contributed by atoms with Crippen LogP contribution in [-0.4, -0.2) is 87.6 Å². The molecule has 0 saturated carbocycles. The molecule has 1 saturated heterocycles. The number of likely N-dealkylation sites (tertiary alicyclic amines) is 1. The SMILES string of the molecule is CN=C(NC(=O)OCc1ccc([N+](=O)[O-])cc1)N(CC(=O)NC1CN(C(=O)O)C1)C(=O)OCc1ccc([N+](=O)[O-])cc1. The summed E-state index contributed by atoms with van der Waals surface area (Å²) < 4.78 is 10.3. The van der Waals surface area contributed by atoms with Crippen LogP contribution in [0, 0.1) is 20.2 Å². The normalized spacial score (nSPS) is 12.9. The summed E-state index contributed by atoms with van der Waals surface area (Å²) in [5, 5.41) is 35.4. The van der Waals surface area contributed by atoms with Gasteiger partial charge in [-0.3, -0.25) is 35.3 Å². The number of rotatable bonds is 9. The van der Waals surface area contributed by atoms with Gasteiger partial charge in [-0.05, 0) is 35.4 Å². The van der Waals surface area contributed by atoms with Gasteiger partial charge in [0.2, 0.25) is 11.9 Å². The van der Waals surface area contributed by atoms with Crippen LogP contribution in [0.15, 0.2) is 53.5 Å². The Morgan fingerprint density at radius 1 is 0.952 bits per heavy atom. The summed E-state index contributed by atoms with van der Waals surface area (Å²) in [5.41, 5.74) is 0.507. The second-order valence-electron chi connectivity index (χ2n) is 8.69. The molecule has 1 aliphatic heterocycles. The second kappa shape index (κ2) is 14.0. The van der Waals surface area contributed by atoms with Crippen molar-refractivity contribution in [3.8, 4) is 0 Å². The van der Waals surface area contributed by atoms with Gasteiger partial charge in [0.05, 0.1) is 15.9 Å². The van der Waals surface area contributed by atoms with Crippen LogP contribution >= 0.6 is 0 Å². The van der Waals surface area contributed by atoms with E-state index in [-0.39, 0.29) is 37.7 Å². The van der Waals surface area contributed by atoms with E-state index in [2.05, 4.69) is 15.6 Å². The van der Waals surface area contributed by atoms with E-state index in [1.807, 2.05) is 0 Å². The minimum Gasteiger partial charge on any atom is -0.465 e. The van der Waals surface area contributed by atoms with Crippen molar-refractivity contribution in [2.45, 2.75) is 19.3 Å². The van der Waals surface area contributed by atoms with Crippen molar-refractivity contribution < 1.29 is 43.6 Å². The lowest BCUT2D eigenvalue weighted by Crippen LogP contribution is -2.62. The first-order valence-electron chi connectivity index (χ1n) is 12.1. The summed E-state index contributed by atoms with van der Waals surface area (Å²) >= 11 is 0. The summed E-state index contributed by atoms with van der Waals surface area (Å²) in [6.07, 6.45) is -3.33. The predicted molar refractivity (Wildman–Crippen MR) is 141 cm³/mol. The third kappa shape index (κ3) is 8.60. The first kappa shape index (κ1) is 30.7. The number of carbonyl (C=O) groups is 4. The van der Waals surface area contributed by atoms with Crippen LogP contribution in [0.1, 0.15) is 11.1 Å². The Labute approximate surface area is 236 Å². The molecule has 3 N–H and O–H groups in total. The number of carbonyl (C=O) groups excluding carboxylic acids is 3. The van der Waals surface area contributed by atoms with Crippen LogP contribution in [0.2, 0.25) is 0 Å². The molecule has 1 heterocycles. The molecular weight excluding hydrogens is 562 g/mol. The molecule has 222 valence electrons. The van der Waals surface area contributed by atoms with E-state index in [0.717, 1.165) is 4.90 Å². The highest BCUT2D eigenvalue weighted by molar-refractivity contribution is 6.03. The first-order valence-corrected chi connectivity index (χ1v) is 12.1. The average Bonchev–Trinajstić information content (AvgIpc) is 2.94. The fraction of sp³-hybridized carbons (Fsp3) is 0.292. The van der Waals surface area contributed by atoms with Crippen LogP contribution in [0.5, 0.6) is 0 Å². The Balaban J connectivity index is 1.65. The smallest absolute Gasteiger partial charge is 0.417 e. The molecule has 0 unspecified atom stereocenters. The lowest BCUT2D eigenvalue weighted by molar-refractivity contribution is -0.385. The van der Waals surface area contributed by atoms with Crippen LogP contribution in [0.25, 0.3) is 0 Å². The summed E-state index contributed by atoms with van der Waals surface area (Å²) in [4.78, 5) is 75.1. The molecule has 0 bridgehead atoms. The van der Waals surface area contributed by atoms with Crippen molar-refractivity contribution >= 4 is 41.5 Å². The number of amides is 4. The standard InChI is InChI=1S/C24H25N7O11/c1-25-21(27-22(33)41-13-15-2-6-18(7-3-15)30(37)38)29(12-20(32)26-17-10-28(11-17)23(34)35)24(36)42-14-16-4-8-19(9-5-16)31(39)40/h2-9,17H,10-14H2,1H3,(H,26,32)(H,34,35)(H,25,27,33). The maximum atomic E-state index is 13.0. The number of guanidine groups is 1. The number of nitro groups is 2. The monoisotopic (exact) mass is 587 g/mol. The van der Waals surface area contributed by atoms with Crippen molar-refractivity contribution in [2.24, 2.45) is 4.99 Å². The van der Waals surface area contributed by atoms with Crippen LogP contribution < -0.4 is 10.6 Å². The number of carboxylic acid groups (broad SMARTS) is 1. The van der Waals surface area contributed by atoms with E-state index in [1.165, 1.54) is 55.6 Å². The van der Waals surface area contributed by atoms with E-state index in [9.17, 15) is 39.4 Å². The van der Waals surface area contributed by atoms with Gasteiger partial charge in [-0.15, -0.1) is 0 Å². The molecule has 4 amide bonds. The Morgan fingerprint density at radius 2 is 1.45 bits per heavy atom. The van der Waals surface area contributed by atoms with Crippen LogP contribution in [0.3, 0.4) is 0 Å². The number of non-ortho nitro benzene ring substituents is 2. The Bertz CT molecular complexity index is 1370. The zero-order valence-electron chi connectivity index (χ0n) is 22.0. The minimum absolute atomic E-state index is 0.0492. The molecule has 18 nitrogen and oxygen atoms in total. The van der Waals surface area contributed by atoms with Gasteiger partial charge in [0.25, 0.3) is 11.4 Å². The van der Waals surface area contributed by atoms with Crippen molar-refractivity contribution in [1.29, 1.82) is 0 Å². The van der Waals surface area contributed by atoms with Crippen LogP contribution in [0.4, 0.5) is 25.8 Å². The van der Waals surface area contributed by atoms with Gasteiger partial charge in [0.1, 0.15) is 19.8 Å². The van der Waals surface area contributed by atoms with Gasteiger partial charge < -0.3 is 24.8 Å². The van der Waals surface area contributed by atoms with Crippen LogP contribution in [-0.2, 0) is 27.5 Å². The fourth-order valence-electron chi connectivity index (χ4n) is 3.54. The third-order valence-corrected chi connectivity index (χ3v) is 5.75. The van der Waals surface area contributed by atoms with E-state index in [0.29, 0.717) is 16.0 Å². The molecule has 0 aliphatic carbocycles. The number of hydrogen-bond acceptors (Lipinski definition) is 11. The molecule has 0 atom stereocenters. The summed E-state index contributed by atoms with van der Waals surface area (Å²) in [5.74, 6) is -1.13. The van der Waals surface area contributed by atoms with Gasteiger partial charge in [0.15, 0.2) is 0 Å². The number of nitrogens with one attached hydrogen (secondary N) is 2. The highest BCUT2D eigenvalue weighted by atomic mass is 16.6. The molecular formula is C24H25N7O11. The Hall–Kier alpha value is -5.81. The number of aliphatic imine (C=N–C) groups is 1. The van der Waals surface area contributed by atoms with Gasteiger partial charge in [-0.2, -0.15) is 0 Å². The first-order chi connectivity index (χ1) is 20.0. The Kier molecular flexibility index (Phi) is 10.2. The summed E-state index contributed by atoms with van der Waals surface area (Å²) in [6.45, 7) is -1.21. The predicted octanol–water partition coefficient (Wildman–Crippen LogP) is 1.83. The van der Waals surface area contributed by atoms with Gasteiger partial charge in [-0.1, -0.05) is 0 Å². The molecule has 3 rings (SSSR count).